The predicted molar refractivity (Wildman–Crippen MR) is 109 cm³/mol. The molecule has 4 rings (SSSR count). The lowest BCUT2D eigenvalue weighted by Crippen LogP contribution is -2.42. The second-order valence-electron chi connectivity index (χ2n) is 8.31. The Morgan fingerprint density at radius 2 is 2.00 bits per heavy atom. The van der Waals surface area contributed by atoms with E-state index >= 15 is 0 Å². The minimum atomic E-state index is -0.387. The highest BCUT2D eigenvalue weighted by Gasteiger charge is 2.24. The molecule has 0 amide bonds. The van der Waals surface area contributed by atoms with E-state index < -0.39 is 0 Å². The third kappa shape index (κ3) is 3.54. The molecule has 0 saturated heterocycles. The number of hydrogen-bond donors (Lipinski definition) is 2. The molecule has 1 aromatic heterocycles. The Hall–Kier alpha value is -1.03. The number of fused-ring (bicyclic) bond motifs is 3. The maximum absolute atomic E-state index is 10.8. The lowest BCUT2D eigenvalue weighted by molar-refractivity contribution is 0.138. The number of aromatic nitrogens is 1. The third-order valence-electron chi connectivity index (χ3n) is 6.47. The lowest BCUT2D eigenvalue weighted by Gasteiger charge is -2.30. The van der Waals surface area contributed by atoms with Gasteiger partial charge in [-0.2, -0.15) is 0 Å². The number of hydrogen-bond acceptors (Lipinski definition) is 2. The molecule has 1 fully saturated rings. The van der Waals surface area contributed by atoms with Gasteiger partial charge in [-0.25, -0.2) is 0 Å². The molecule has 0 radical (unpaired) electrons. The molecule has 26 heavy (non-hydrogen) atoms. The van der Waals surface area contributed by atoms with Gasteiger partial charge in [-0.15, -0.1) is 0 Å². The van der Waals surface area contributed by atoms with Crippen LogP contribution in [0.5, 0.6) is 0 Å². The van der Waals surface area contributed by atoms with Gasteiger partial charge in [0.2, 0.25) is 0 Å². The number of benzene rings is 1. The Balaban J connectivity index is 1.53. The van der Waals surface area contributed by atoms with Crippen molar-refractivity contribution in [3.8, 4) is 0 Å². The van der Waals surface area contributed by atoms with Crippen LogP contribution in [-0.2, 0) is 19.4 Å². The van der Waals surface area contributed by atoms with Gasteiger partial charge in [0.25, 0.3) is 0 Å². The van der Waals surface area contributed by atoms with E-state index in [9.17, 15) is 5.11 Å². The van der Waals surface area contributed by atoms with Crippen LogP contribution >= 0.6 is 11.6 Å². The molecule has 2 aliphatic rings. The lowest BCUT2D eigenvalue weighted by atomic mass is 9.86. The van der Waals surface area contributed by atoms with Crippen LogP contribution in [0.25, 0.3) is 10.9 Å². The van der Waals surface area contributed by atoms with Crippen LogP contribution in [0.4, 0.5) is 0 Å². The van der Waals surface area contributed by atoms with E-state index in [-0.39, 0.29) is 6.10 Å². The Kier molecular flexibility index (Phi) is 5.58. The molecule has 3 nitrogen and oxygen atoms in total. The monoisotopic (exact) mass is 374 g/mol. The maximum atomic E-state index is 10.8. The standard InChI is InChI=1S/C22H31ClN2O/c1-15-7-2-4-11-20(15)24-13-16(26)14-25-21-12-5-3-8-17(21)18-9-6-10-19(23)22(18)25/h6,9-10,15-16,20,24,26H,2-5,7-8,11-14H2,1H3/t15-,16+,20+/m1/s1. The van der Waals surface area contributed by atoms with Crippen molar-refractivity contribution in [1.29, 1.82) is 0 Å². The number of nitrogens with zero attached hydrogens (tertiary/aromatic N) is 1. The van der Waals surface area contributed by atoms with Crippen molar-refractivity contribution in [3.05, 3.63) is 34.5 Å². The number of rotatable bonds is 5. The molecule has 3 atom stereocenters. The van der Waals surface area contributed by atoms with Crippen molar-refractivity contribution >= 4 is 22.5 Å². The van der Waals surface area contributed by atoms with E-state index in [1.54, 1.807) is 0 Å². The van der Waals surface area contributed by atoms with E-state index in [2.05, 4.69) is 22.9 Å². The highest BCUT2D eigenvalue weighted by Crippen LogP contribution is 2.35. The molecule has 4 heteroatoms. The van der Waals surface area contributed by atoms with Crippen molar-refractivity contribution in [1.82, 2.24) is 9.88 Å². The van der Waals surface area contributed by atoms with Gasteiger partial charge in [-0.05, 0) is 56.1 Å². The van der Waals surface area contributed by atoms with E-state index in [1.165, 1.54) is 55.2 Å². The van der Waals surface area contributed by atoms with Crippen LogP contribution < -0.4 is 5.32 Å². The number of halogens is 1. The molecule has 2 N–H and O–H groups in total. The number of aliphatic hydroxyl groups excluding tert-OH is 1. The molecule has 1 heterocycles. The first-order chi connectivity index (χ1) is 12.6. The summed E-state index contributed by atoms with van der Waals surface area (Å²) >= 11 is 6.57. The number of aliphatic hydroxyl groups is 1. The van der Waals surface area contributed by atoms with Crippen molar-refractivity contribution in [2.45, 2.75) is 77.0 Å². The van der Waals surface area contributed by atoms with Crippen LogP contribution in [-0.4, -0.2) is 28.4 Å². The van der Waals surface area contributed by atoms with Gasteiger partial charge in [0.15, 0.2) is 0 Å². The van der Waals surface area contributed by atoms with Crippen molar-refractivity contribution in [2.24, 2.45) is 5.92 Å². The van der Waals surface area contributed by atoms with Gasteiger partial charge in [-0.3, -0.25) is 0 Å². The maximum Gasteiger partial charge on any atom is 0.0843 e. The van der Waals surface area contributed by atoms with E-state index in [0.717, 1.165) is 23.4 Å². The molecule has 2 aliphatic carbocycles. The van der Waals surface area contributed by atoms with Gasteiger partial charge >= 0.3 is 0 Å². The molecular weight excluding hydrogens is 344 g/mol. The Bertz CT molecular complexity index is 769. The minimum absolute atomic E-state index is 0.387. The zero-order valence-electron chi connectivity index (χ0n) is 15.8. The highest BCUT2D eigenvalue weighted by atomic mass is 35.5. The normalized spacial score (nSPS) is 24.6. The SMILES string of the molecule is C[C@@H]1CCCC[C@@H]1NC[C@H](O)Cn1c2c(c3cccc(Cl)c31)CCCC2. The molecule has 1 saturated carbocycles. The third-order valence-corrected chi connectivity index (χ3v) is 6.77. The van der Waals surface area contributed by atoms with E-state index in [1.807, 2.05) is 12.1 Å². The summed E-state index contributed by atoms with van der Waals surface area (Å²) in [7, 11) is 0. The number of aryl methyl sites for hydroxylation is 1. The summed E-state index contributed by atoms with van der Waals surface area (Å²) in [6.07, 6.45) is 9.53. The van der Waals surface area contributed by atoms with Crippen molar-refractivity contribution in [2.75, 3.05) is 6.54 Å². The van der Waals surface area contributed by atoms with Crippen LogP contribution in [0.2, 0.25) is 5.02 Å². The van der Waals surface area contributed by atoms with Crippen LogP contribution in [0.15, 0.2) is 18.2 Å². The second-order valence-corrected chi connectivity index (χ2v) is 8.72. The molecule has 0 unspecified atom stereocenters. The highest BCUT2D eigenvalue weighted by molar-refractivity contribution is 6.35. The first-order valence-electron chi connectivity index (χ1n) is 10.3. The average Bonchev–Trinajstić information content (AvgIpc) is 2.96. The molecular formula is C22H31ClN2O. The molecule has 0 aliphatic heterocycles. The smallest absolute Gasteiger partial charge is 0.0843 e. The van der Waals surface area contributed by atoms with E-state index in [4.69, 9.17) is 11.6 Å². The summed E-state index contributed by atoms with van der Waals surface area (Å²) in [4.78, 5) is 0. The Labute approximate surface area is 161 Å². The first-order valence-corrected chi connectivity index (χ1v) is 10.7. The van der Waals surface area contributed by atoms with Crippen molar-refractivity contribution in [3.63, 3.8) is 0 Å². The predicted octanol–water partition coefficient (Wildman–Crippen LogP) is 4.70. The molecule has 1 aromatic carbocycles. The van der Waals surface area contributed by atoms with E-state index in [0.29, 0.717) is 25.0 Å². The number of nitrogens with one attached hydrogen (secondary N) is 1. The van der Waals surface area contributed by atoms with Gasteiger partial charge < -0.3 is 15.0 Å². The fourth-order valence-electron chi connectivity index (χ4n) is 5.03. The zero-order chi connectivity index (χ0) is 18.1. The fourth-order valence-corrected chi connectivity index (χ4v) is 5.31. The summed E-state index contributed by atoms with van der Waals surface area (Å²) in [6.45, 7) is 3.62. The zero-order valence-corrected chi connectivity index (χ0v) is 16.6. The molecule has 142 valence electrons. The summed E-state index contributed by atoms with van der Waals surface area (Å²) in [5.41, 5.74) is 3.96. The van der Waals surface area contributed by atoms with Gasteiger partial charge in [-0.1, -0.05) is 43.5 Å². The van der Waals surface area contributed by atoms with Gasteiger partial charge in [0.05, 0.1) is 23.2 Å². The molecule has 0 spiro atoms. The quantitative estimate of drug-likeness (QED) is 0.795. The minimum Gasteiger partial charge on any atom is -0.390 e. The second kappa shape index (κ2) is 7.92. The Morgan fingerprint density at radius 1 is 1.19 bits per heavy atom. The number of para-hydroxylation sites is 1. The molecule has 2 aromatic rings. The fraction of sp³-hybridized carbons (Fsp3) is 0.636. The largest absolute Gasteiger partial charge is 0.390 e. The van der Waals surface area contributed by atoms with Crippen molar-refractivity contribution < 1.29 is 5.11 Å². The summed E-state index contributed by atoms with van der Waals surface area (Å²) in [5, 5.41) is 16.5. The van der Waals surface area contributed by atoms with Gasteiger partial charge in [0, 0.05) is 23.7 Å². The summed E-state index contributed by atoms with van der Waals surface area (Å²) < 4.78 is 2.31. The topological polar surface area (TPSA) is 37.2 Å². The van der Waals surface area contributed by atoms with Crippen LogP contribution in [0.3, 0.4) is 0 Å². The first kappa shape index (κ1) is 18.3. The summed E-state index contributed by atoms with van der Waals surface area (Å²) in [6, 6.07) is 6.76. The summed E-state index contributed by atoms with van der Waals surface area (Å²) in [5.74, 6) is 0.713. The van der Waals surface area contributed by atoms with Gasteiger partial charge in [0.1, 0.15) is 0 Å². The molecule has 0 bridgehead atoms. The Morgan fingerprint density at radius 3 is 2.85 bits per heavy atom. The van der Waals surface area contributed by atoms with Crippen LogP contribution in [0, 0.1) is 5.92 Å². The van der Waals surface area contributed by atoms with Crippen LogP contribution in [0.1, 0.15) is 56.7 Å². The average molecular weight is 375 g/mol.